The minimum absolute atomic E-state index is 0.266. The molecule has 25 heavy (non-hydrogen) atoms. The highest BCUT2D eigenvalue weighted by molar-refractivity contribution is 6.03. The maximum absolute atomic E-state index is 11.8. The van der Waals surface area contributed by atoms with E-state index in [2.05, 4.69) is 6.92 Å². The lowest BCUT2D eigenvalue weighted by Gasteiger charge is -2.10. The van der Waals surface area contributed by atoms with Gasteiger partial charge in [0.2, 0.25) is 0 Å². The van der Waals surface area contributed by atoms with Gasteiger partial charge in [-0.2, -0.15) is 0 Å². The molecule has 4 nitrogen and oxygen atoms in total. The van der Waals surface area contributed by atoms with Crippen LogP contribution in [0.15, 0.2) is 19.7 Å². The van der Waals surface area contributed by atoms with E-state index in [4.69, 9.17) is 13.9 Å². The van der Waals surface area contributed by atoms with Crippen LogP contribution in [0.25, 0.3) is 21.9 Å². The molecule has 0 radical (unpaired) electrons. The van der Waals surface area contributed by atoms with E-state index in [0.717, 1.165) is 65.5 Å². The van der Waals surface area contributed by atoms with Gasteiger partial charge in [-0.05, 0) is 58.1 Å². The van der Waals surface area contributed by atoms with Gasteiger partial charge < -0.3 is 13.9 Å². The van der Waals surface area contributed by atoms with E-state index in [0.29, 0.717) is 5.58 Å². The predicted octanol–water partition coefficient (Wildman–Crippen LogP) is 4.87. The number of aliphatic hydroxyl groups excluding tert-OH is 1. The number of benzene rings is 1. The highest BCUT2D eigenvalue weighted by atomic mass is 16.4. The van der Waals surface area contributed by atoms with Crippen molar-refractivity contribution >= 4 is 21.9 Å². The van der Waals surface area contributed by atoms with Crippen molar-refractivity contribution < 1.29 is 13.9 Å². The molecule has 0 unspecified atom stereocenters. The number of aliphatic hydroxyl groups is 1. The molecule has 0 saturated heterocycles. The van der Waals surface area contributed by atoms with Gasteiger partial charge in [-0.25, -0.2) is 4.79 Å². The first-order valence-electron chi connectivity index (χ1n) is 9.02. The fourth-order valence-corrected chi connectivity index (χ4v) is 3.87. The van der Waals surface area contributed by atoms with Gasteiger partial charge >= 0.3 is 5.63 Å². The first-order chi connectivity index (χ1) is 12.0. The minimum atomic E-state index is -0.320. The maximum atomic E-state index is 11.8. The molecular formula is C21H26O4. The highest BCUT2D eigenvalue weighted by Crippen LogP contribution is 2.38. The quantitative estimate of drug-likeness (QED) is 0.513. The second kappa shape index (κ2) is 7.04. The van der Waals surface area contributed by atoms with Crippen LogP contribution in [-0.2, 0) is 6.42 Å². The second-order valence-electron chi connectivity index (χ2n) is 6.93. The summed E-state index contributed by atoms with van der Waals surface area (Å²) in [6, 6.07) is 1.56. The third kappa shape index (κ3) is 3.11. The molecule has 2 aromatic heterocycles. The van der Waals surface area contributed by atoms with Crippen molar-refractivity contribution in [3.63, 3.8) is 0 Å². The molecule has 0 saturated carbocycles. The van der Waals surface area contributed by atoms with Crippen LogP contribution in [0.3, 0.4) is 0 Å². The van der Waals surface area contributed by atoms with E-state index >= 15 is 0 Å². The zero-order chi connectivity index (χ0) is 18.1. The molecule has 0 fully saturated rings. The third-order valence-corrected chi connectivity index (χ3v) is 5.13. The Morgan fingerprint density at radius 2 is 1.56 bits per heavy atom. The van der Waals surface area contributed by atoms with Crippen molar-refractivity contribution in [3.05, 3.63) is 44.5 Å². The number of unbranched alkanes of at least 4 members (excludes halogenated alkanes) is 3. The molecule has 1 aromatic carbocycles. The molecular weight excluding hydrogens is 316 g/mol. The monoisotopic (exact) mass is 342 g/mol. The molecule has 3 aromatic rings. The molecule has 3 rings (SSSR count). The van der Waals surface area contributed by atoms with Gasteiger partial charge in [-0.3, -0.25) is 0 Å². The van der Waals surface area contributed by atoms with Crippen molar-refractivity contribution in [1.29, 1.82) is 0 Å². The van der Waals surface area contributed by atoms with Crippen molar-refractivity contribution in [2.75, 3.05) is 6.61 Å². The van der Waals surface area contributed by atoms with Gasteiger partial charge in [0.15, 0.2) is 0 Å². The molecule has 134 valence electrons. The van der Waals surface area contributed by atoms with Gasteiger partial charge in [0, 0.05) is 34.6 Å². The summed E-state index contributed by atoms with van der Waals surface area (Å²) in [5, 5.41) is 11.1. The number of aryl methyl sites for hydroxylation is 5. The first kappa shape index (κ1) is 17.7. The van der Waals surface area contributed by atoms with E-state index < -0.39 is 0 Å². The molecule has 0 amide bonds. The van der Waals surface area contributed by atoms with E-state index in [1.54, 1.807) is 6.07 Å². The summed E-state index contributed by atoms with van der Waals surface area (Å²) in [5.41, 5.74) is 5.37. The summed E-state index contributed by atoms with van der Waals surface area (Å²) >= 11 is 0. The van der Waals surface area contributed by atoms with Gasteiger partial charge in [0.25, 0.3) is 0 Å². The summed E-state index contributed by atoms with van der Waals surface area (Å²) in [5.74, 6) is 0.943. The molecule has 4 heteroatoms. The zero-order valence-electron chi connectivity index (χ0n) is 15.5. The smallest absolute Gasteiger partial charge is 0.336 e. The summed E-state index contributed by atoms with van der Waals surface area (Å²) in [6.45, 7) is 8.28. The van der Waals surface area contributed by atoms with Crippen LogP contribution in [0.5, 0.6) is 0 Å². The van der Waals surface area contributed by atoms with Crippen LogP contribution in [0.4, 0.5) is 0 Å². The zero-order valence-corrected chi connectivity index (χ0v) is 15.5. The SMILES string of the molecule is Cc1oc2c(C)c3oc(=O)cc(C)c3c(C)c2c1CCCCCCO. The number of hydrogen-bond acceptors (Lipinski definition) is 4. The van der Waals surface area contributed by atoms with Gasteiger partial charge in [-0.1, -0.05) is 12.8 Å². The average molecular weight is 342 g/mol. The lowest BCUT2D eigenvalue weighted by atomic mass is 9.94. The maximum Gasteiger partial charge on any atom is 0.336 e. The Morgan fingerprint density at radius 1 is 0.880 bits per heavy atom. The molecule has 0 aliphatic heterocycles. The molecule has 0 bridgehead atoms. The van der Waals surface area contributed by atoms with Crippen LogP contribution in [0.2, 0.25) is 0 Å². The Kier molecular flexibility index (Phi) is 5.00. The second-order valence-corrected chi connectivity index (χ2v) is 6.93. The number of fused-ring (bicyclic) bond motifs is 2. The van der Waals surface area contributed by atoms with Crippen molar-refractivity contribution in [2.45, 2.75) is 59.8 Å². The Balaban J connectivity index is 2.14. The Labute approximate surface area is 147 Å². The predicted molar refractivity (Wildman–Crippen MR) is 100 cm³/mol. The first-order valence-corrected chi connectivity index (χ1v) is 9.02. The normalized spacial score (nSPS) is 11.7. The summed E-state index contributed by atoms with van der Waals surface area (Å²) in [6.07, 6.45) is 5.07. The Bertz CT molecular complexity index is 975. The topological polar surface area (TPSA) is 63.6 Å². The largest absolute Gasteiger partial charge is 0.461 e. The van der Waals surface area contributed by atoms with Crippen LogP contribution in [0.1, 0.15) is 53.7 Å². The van der Waals surface area contributed by atoms with E-state index in [-0.39, 0.29) is 12.2 Å². The van der Waals surface area contributed by atoms with E-state index in [1.165, 1.54) is 10.9 Å². The molecule has 0 aliphatic carbocycles. The van der Waals surface area contributed by atoms with E-state index in [1.807, 2.05) is 20.8 Å². The van der Waals surface area contributed by atoms with Crippen LogP contribution in [-0.4, -0.2) is 11.7 Å². The summed E-state index contributed by atoms with van der Waals surface area (Å²) < 4.78 is 11.6. The highest BCUT2D eigenvalue weighted by Gasteiger charge is 2.20. The fraction of sp³-hybridized carbons (Fsp3) is 0.476. The van der Waals surface area contributed by atoms with E-state index in [9.17, 15) is 4.79 Å². The molecule has 0 aliphatic rings. The standard InChI is InChI=1S/C21H26O4/c1-12-11-17(23)25-20-14(3)21-19(13(2)18(12)20)16(15(4)24-21)9-7-5-6-8-10-22/h11,22H,5-10H2,1-4H3. The minimum Gasteiger partial charge on any atom is -0.461 e. The lowest BCUT2D eigenvalue weighted by molar-refractivity contribution is 0.282. The molecule has 1 N–H and O–H groups in total. The lowest BCUT2D eigenvalue weighted by Crippen LogP contribution is -2.01. The van der Waals surface area contributed by atoms with Crippen molar-refractivity contribution in [3.8, 4) is 0 Å². The molecule has 2 heterocycles. The summed E-state index contributed by atoms with van der Waals surface area (Å²) in [4.78, 5) is 11.8. The Hall–Kier alpha value is -2.07. The fourth-order valence-electron chi connectivity index (χ4n) is 3.87. The van der Waals surface area contributed by atoms with Crippen molar-refractivity contribution in [2.24, 2.45) is 0 Å². The van der Waals surface area contributed by atoms with Gasteiger partial charge in [0.1, 0.15) is 16.9 Å². The van der Waals surface area contributed by atoms with Crippen LogP contribution >= 0.6 is 0 Å². The van der Waals surface area contributed by atoms with Crippen LogP contribution < -0.4 is 5.63 Å². The van der Waals surface area contributed by atoms with Crippen molar-refractivity contribution in [1.82, 2.24) is 0 Å². The number of furan rings is 1. The van der Waals surface area contributed by atoms with Gasteiger partial charge in [-0.15, -0.1) is 0 Å². The molecule has 0 spiro atoms. The third-order valence-electron chi connectivity index (χ3n) is 5.13. The summed E-state index contributed by atoms with van der Waals surface area (Å²) in [7, 11) is 0. The van der Waals surface area contributed by atoms with Gasteiger partial charge in [0.05, 0.1) is 0 Å². The Morgan fingerprint density at radius 3 is 2.28 bits per heavy atom. The number of rotatable bonds is 6. The van der Waals surface area contributed by atoms with Crippen LogP contribution in [0, 0.1) is 27.7 Å². The average Bonchev–Trinajstić information content (AvgIpc) is 2.89. The molecule has 0 atom stereocenters. The number of hydrogen-bond donors (Lipinski definition) is 1.